The van der Waals surface area contributed by atoms with Crippen LogP contribution in [0.3, 0.4) is 0 Å². The van der Waals surface area contributed by atoms with Crippen molar-refractivity contribution in [1.29, 1.82) is 0 Å². The van der Waals surface area contributed by atoms with Crippen LogP contribution in [0.25, 0.3) is 10.4 Å². The van der Waals surface area contributed by atoms with Crippen LogP contribution in [0.5, 0.6) is 11.5 Å². The lowest BCUT2D eigenvalue weighted by atomic mass is 10.1. The molecule has 84 valence electrons. The summed E-state index contributed by atoms with van der Waals surface area (Å²) >= 11 is 5.95. The van der Waals surface area contributed by atoms with Crippen molar-refractivity contribution in [1.82, 2.24) is 0 Å². The van der Waals surface area contributed by atoms with Gasteiger partial charge in [0.25, 0.3) is 0 Å². The molecular formula is C9H8ClN3O3. The first kappa shape index (κ1) is 10.9. The second kappa shape index (κ2) is 4.49. The number of hydrogen-bond donors (Lipinski definition) is 1. The summed E-state index contributed by atoms with van der Waals surface area (Å²) in [6, 6.07) is 2.56. The Bertz CT molecular complexity index is 460. The zero-order valence-electron chi connectivity index (χ0n) is 8.13. The molecule has 1 atom stereocenters. The highest BCUT2D eigenvalue weighted by Crippen LogP contribution is 2.41. The molecule has 7 heteroatoms. The zero-order valence-corrected chi connectivity index (χ0v) is 8.89. The van der Waals surface area contributed by atoms with E-state index in [2.05, 4.69) is 10.0 Å². The van der Waals surface area contributed by atoms with Gasteiger partial charge >= 0.3 is 0 Å². The third kappa shape index (κ3) is 1.86. The molecular weight excluding hydrogens is 234 g/mol. The third-order valence-corrected chi connectivity index (χ3v) is 2.48. The van der Waals surface area contributed by atoms with Crippen molar-refractivity contribution in [2.24, 2.45) is 5.11 Å². The summed E-state index contributed by atoms with van der Waals surface area (Å²) in [5, 5.41) is 12.9. The molecule has 0 spiro atoms. The van der Waals surface area contributed by atoms with Crippen molar-refractivity contribution in [3.05, 3.63) is 33.2 Å². The van der Waals surface area contributed by atoms with Crippen LogP contribution in [0.2, 0.25) is 5.02 Å². The molecule has 6 nitrogen and oxygen atoms in total. The summed E-state index contributed by atoms with van der Waals surface area (Å²) in [5.41, 5.74) is 8.94. The van der Waals surface area contributed by atoms with Gasteiger partial charge in [-0.2, -0.15) is 0 Å². The third-order valence-electron chi connectivity index (χ3n) is 2.20. The topological polar surface area (TPSA) is 87.5 Å². The van der Waals surface area contributed by atoms with Gasteiger partial charge in [-0.3, -0.25) is 0 Å². The SMILES string of the molecule is [N-]=[N+]=NC(CO)c1cc(Cl)c2c(c1)OCO2. The minimum absolute atomic E-state index is 0.115. The van der Waals surface area contributed by atoms with Crippen molar-refractivity contribution in [2.45, 2.75) is 6.04 Å². The number of hydrogen-bond acceptors (Lipinski definition) is 4. The number of benzene rings is 1. The summed E-state index contributed by atoms with van der Waals surface area (Å²) in [6.45, 7) is -0.177. The van der Waals surface area contributed by atoms with Crippen LogP contribution in [0, 0.1) is 0 Å². The summed E-state index contributed by atoms with van der Waals surface area (Å²) in [6.07, 6.45) is 0. The van der Waals surface area contributed by atoms with Crippen LogP contribution in [0.15, 0.2) is 17.2 Å². The predicted octanol–water partition coefficient (Wildman–Crippen LogP) is 2.41. The van der Waals surface area contributed by atoms with Crippen LogP contribution in [0.4, 0.5) is 0 Å². The van der Waals surface area contributed by atoms with Crippen LogP contribution in [-0.4, -0.2) is 18.5 Å². The van der Waals surface area contributed by atoms with E-state index in [0.717, 1.165) is 0 Å². The Hall–Kier alpha value is -1.62. The molecule has 2 rings (SSSR count). The standard InChI is InChI=1S/C9H8ClN3O3/c10-6-1-5(7(3-14)12-13-11)2-8-9(6)16-4-15-8/h1-2,7,14H,3-4H2. The van der Waals surface area contributed by atoms with Crippen molar-refractivity contribution in [2.75, 3.05) is 13.4 Å². The van der Waals surface area contributed by atoms with Gasteiger partial charge in [0.2, 0.25) is 6.79 Å². The number of halogens is 1. The Morgan fingerprint density at radius 3 is 3.06 bits per heavy atom. The fraction of sp³-hybridized carbons (Fsp3) is 0.333. The molecule has 0 amide bonds. The first-order chi connectivity index (χ1) is 7.76. The lowest BCUT2D eigenvalue weighted by Crippen LogP contribution is -2.00. The average molecular weight is 242 g/mol. The molecule has 0 aliphatic carbocycles. The van der Waals surface area contributed by atoms with Crippen molar-refractivity contribution in [3.63, 3.8) is 0 Å². The van der Waals surface area contributed by atoms with Crippen LogP contribution in [0.1, 0.15) is 11.6 Å². The van der Waals surface area contributed by atoms with Crippen molar-refractivity contribution >= 4 is 11.6 Å². The van der Waals surface area contributed by atoms with Gasteiger partial charge in [0, 0.05) is 4.91 Å². The van der Waals surface area contributed by atoms with Crippen LogP contribution in [-0.2, 0) is 0 Å². The highest BCUT2D eigenvalue weighted by atomic mass is 35.5. The second-order valence-electron chi connectivity index (χ2n) is 3.14. The van der Waals surface area contributed by atoms with E-state index in [0.29, 0.717) is 22.1 Å². The number of nitrogens with zero attached hydrogens (tertiary/aromatic N) is 3. The Balaban J connectivity index is 2.42. The van der Waals surface area contributed by atoms with Gasteiger partial charge in [-0.25, -0.2) is 0 Å². The van der Waals surface area contributed by atoms with Gasteiger partial charge in [-0.15, -0.1) is 0 Å². The molecule has 1 aromatic carbocycles. The molecule has 0 saturated heterocycles. The Morgan fingerprint density at radius 1 is 1.56 bits per heavy atom. The van der Waals surface area contributed by atoms with E-state index in [1.807, 2.05) is 0 Å². The first-order valence-electron chi connectivity index (χ1n) is 4.50. The fourth-order valence-corrected chi connectivity index (χ4v) is 1.72. The second-order valence-corrected chi connectivity index (χ2v) is 3.55. The molecule has 1 unspecified atom stereocenters. The Kier molecular flexibility index (Phi) is 3.05. The molecule has 0 bridgehead atoms. The lowest BCUT2D eigenvalue weighted by Gasteiger charge is -2.09. The summed E-state index contributed by atoms with van der Waals surface area (Å²) in [7, 11) is 0. The molecule has 0 radical (unpaired) electrons. The number of aliphatic hydroxyl groups is 1. The number of azide groups is 1. The number of aliphatic hydroxyl groups excluding tert-OH is 1. The van der Waals surface area contributed by atoms with Gasteiger partial charge in [-0.05, 0) is 23.2 Å². The molecule has 1 aromatic rings. The van der Waals surface area contributed by atoms with Gasteiger partial charge in [-0.1, -0.05) is 16.7 Å². The molecule has 0 aromatic heterocycles. The normalized spacial score (nSPS) is 14.4. The zero-order chi connectivity index (χ0) is 11.5. The smallest absolute Gasteiger partial charge is 0.231 e. The monoisotopic (exact) mass is 241 g/mol. The van der Waals surface area contributed by atoms with Gasteiger partial charge in [0.1, 0.15) is 0 Å². The highest BCUT2D eigenvalue weighted by molar-refractivity contribution is 6.32. The predicted molar refractivity (Wildman–Crippen MR) is 56.5 cm³/mol. The van der Waals surface area contributed by atoms with Crippen molar-refractivity contribution in [3.8, 4) is 11.5 Å². The minimum Gasteiger partial charge on any atom is -0.454 e. The quantitative estimate of drug-likeness (QED) is 0.501. The molecule has 1 heterocycles. The maximum atomic E-state index is 9.07. The van der Waals surface area contributed by atoms with E-state index in [-0.39, 0.29) is 13.4 Å². The maximum Gasteiger partial charge on any atom is 0.231 e. The van der Waals surface area contributed by atoms with E-state index in [9.17, 15) is 0 Å². The average Bonchev–Trinajstić information content (AvgIpc) is 2.74. The number of fused-ring (bicyclic) bond motifs is 1. The van der Waals surface area contributed by atoms with E-state index in [4.69, 9.17) is 31.7 Å². The molecule has 0 saturated carbocycles. The Morgan fingerprint density at radius 2 is 2.38 bits per heavy atom. The maximum absolute atomic E-state index is 9.07. The molecule has 1 aliphatic heterocycles. The van der Waals surface area contributed by atoms with Gasteiger partial charge in [0.05, 0.1) is 17.7 Å². The molecule has 16 heavy (non-hydrogen) atoms. The highest BCUT2D eigenvalue weighted by Gasteiger charge is 2.20. The molecule has 1 aliphatic rings. The van der Waals surface area contributed by atoms with Crippen LogP contribution >= 0.6 is 11.6 Å². The van der Waals surface area contributed by atoms with Crippen molar-refractivity contribution < 1.29 is 14.6 Å². The molecule has 0 fully saturated rings. The van der Waals surface area contributed by atoms with E-state index >= 15 is 0 Å². The molecule has 1 N–H and O–H groups in total. The fourth-order valence-electron chi connectivity index (χ4n) is 1.45. The number of ether oxygens (including phenoxy) is 2. The summed E-state index contributed by atoms with van der Waals surface area (Å²) in [5.74, 6) is 0.970. The number of rotatable bonds is 3. The largest absolute Gasteiger partial charge is 0.454 e. The summed E-state index contributed by atoms with van der Waals surface area (Å²) < 4.78 is 10.3. The summed E-state index contributed by atoms with van der Waals surface area (Å²) in [4.78, 5) is 2.66. The van der Waals surface area contributed by atoms with Gasteiger partial charge < -0.3 is 14.6 Å². The van der Waals surface area contributed by atoms with Crippen LogP contribution < -0.4 is 9.47 Å². The first-order valence-corrected chi connectivity index (χ1v) is 4.88. The van der Waals surface area contributed by atoms with E-state index in [1.54, 1.807) is 12.1 Å². The van der Waals surface area contributed by atoms with E-state index < -0.39 is 6.04 Å². The lowest BCUT2D eigenvalue weighted by molar-refractivity contribution is 0.174. The van der Waals surface area contributed by atoms with E-state index in [1.165, 1.54) is 0 Å². The minimum atomic E-state index is -0.669. The Labute approximate surface area is 96.0 Å². The van der Waals surface area contributed by atoms with Gasteiger partial charge in [0.15, 0.2) is 11.5 Å².